The third kappa shape index (κ3) is 7.05. The molecule has 4 aromatic rings. The number of aryl methyl sites for hydroxylation is 1. The number of nitrogens with zero attached hydrogens (tertiary/aromatic N) is 4. The summed E-state index contributed by atoms with van der Waals surface area (Å²) in [4.78, 5) is 27.0. The Labute approximate surface area is 259 Å². The summed E-state index contributed by atoms with van der Waals surface area (Å²) in [6, 6.07) is 10.9. The molecule has 1 N–H and O–H groups in total. The van der Waals surface area contributed by atoms with Crippen LogP contribution in [-0.4, -0.2) is 46.1 Å². The van der Waals surface area contributed by atoms with Gasteiger partial charge in [-0.05, 0) is 81.8 Å². The van der Waals surface area contributed by atoms with Gasteiger partial charge >= 0.3 is 6.09 Å². The van der Waals surface area contributed by atoms with Gasteiger partial charge in [-0.15, -0.1) is 0 Å². The molecule has 228 valence electrons. The van der Waals surface area contributed by atoms with Gasteiger partial charge in [0.2, 0.25) is 12.6 Å². The van der Waals surface area contributed by atoms with E-state index >= 15 is 0 Å². The minimum absolute atomic E-state index is 0.194. The predicted octanol–water partition coefficient (Wildman–Crippen LogP) is 7.73. The minimum atomic E-state index is -1.23. The first-order valence-electron chi connectivity index (χ1n) is 15.2. The standard InChI is InChI=1S/C34H39N5O4Si/c1-34(2,3)43-33(40)38-29-19-23(14-15-35-29)25-20-39(16-7-17-44(4,5)6)32-30(25)31(36-28(37-32)13-10-22-8-9-22)24-11-12-26-27(18-24)42-21-41-26/h11-12,14-15,18-20,22H,7-9,16-17,21H2,1-6H3,(H,35,38,40). The van der Waals surface area contributed by atoms with E-state index < -0.39 is 19.8 Å². The van der Waals surface area contributed by atoms with Crippen molar-refractivity contribution in [2.75, 3.05) is 12.1 Å². The highest BCUT2D eigenvalue weighted by molar-refractivity contribution is 6.76. The Hall–Kier alpha value is -4.36. The van der Waals surface area contributed by atoms with E-state index in [2.05, 4.69) is 52.5 Å². The van der Waals surface area contributed by atoms with Crippen molar-refractivity contribution >= 4 is 31.0 Å². The number of nitrogens with one attached hydrogen (secondary N) is 1. The van der Waals surface area contributed by atoms with Crippen LogP contribution in [0.3, 0.4) is 0 Å². The molecule has 0 atom stereocenters. The number of hydrogen-bond donors (Lipinski definition) is 1. The van der Waals surface area contributed by atoms with Crippen LogP contribution in [0.4, 0.5) is 10.6 Å². The van der Waals surface area contributed by atoms with Crippen molar-refractivity contribution in [3.8, 4) is 45.7 Å². The molecule has 9 nitrogen and oxygen atoms in total. The van der Waals surface area contributed by atoms with Crippen LogP contribution in [-0.2, 0) is 11.3 Å². The molecule has 0 radical (unpaired) electrons. The molecule has 0 bridgehead atoms. The van der Waals surface area contributed by atoms with E-state index in [-0.39, 0.29) is 6.79 Å². The molecule has 1 aliphatic carbocycles. The highest BCUT2D eigenvalue weighted by atomic mass is 28.3. The SMILES string of the molecule is CC(C)(C)OC(=O)Nc1cc(-c2cn(CCC[Si](C)(C)C)c3nc(C#CC4CC4)nc(-c4ccc5c(c4)OCO5)c23)ccn1. The zero-order valence-corrected chi connectivity index (χ0v) is 27.3. The quantitative estimate of drug-likeness (QED) is 0.169. The van der Waals surface area contributed by atoms with Gasteiger partial charge in [-0.2, -0.15) is 0 Å². The summed E-state index contributed by atoms with van der Waals surface area (Å²) in [5.41, 5.74) is 3.68. The number of anilines is 1. The van der Waals surface area contributed by atoms with Gasteiger partial charge in [0, 0.05) is 44.1 Å². The lowest BCUT2D eigenvalue weighted by Gasteiger charge is -2.19. The number of carbonyl (C=O) groups excluding carboxylic acids is 1. The monoisotopic (exact) mass is 609 g/mol. The number of benzene rings is 1. The maximum absolute atomic E-state index is 12.5. The van der Waals surface area contributed by atoms with Crippen molar-refractivity contribution in [1.29, 1.82) is 0 Å². The molecule has 0 spiro atoms. The topological polar surface area (TPSA) is 100 Å². The highest BCUT2D eigenvalue weighted by Crippen LogP contribution is 2.41. The van der Waals surface area contributed by atoms with Crippen molar-refractivity contribution in [3.05, 3.63) is 48.5 Å². The molecule has 10 heteroatoms. The Morgan fingerprint density at radius 3 is 2.64 bits per heavy atom. The van der Waals surface area contributed by atoms with E-state index in [0.717, 1.165) is 59.2 Å². The van der Waals surface area contributed by atoms with E-state index in [1.54, 1.807) is 6.20 Å². The molecule has 0 unspecified atom stereocenters. The zero-order valence-electron chi connectivity index (χ0n) is 26.3. The fourth-order valence-electron chi connectivity index (χ4n) is 5.13. The van der Waals surface area contributed by atoms with Crippen molar-refractivity contribution in [2.45, 2.75) is 77.9 Å². The maximum Gasteiger partial charge on any atom is 0.413 e. The molecule has 2 aliphatic rings. The lowest BCUT2D eigenvalue weighted by atomic mass is 10.0. The Morgan fingerprint density at radius 1 is 1.09 bits per heavy atom. The molecule has 1 fully saturated rings. The largest absolute Gasteiger partial charge is 0.454 e. The van der Waals surface area contributed by atoms with Crippen molar-refractivity contribution in [3.63, 3.8) is 0 Å². The normalized spacial score (nSPS) is 14.3. The van der Waals surface area contributed by atoms with Gasteiger partial charge < -0.3 is 18.8 Å². The second kappa shape index (κ2) is 11.6. The average molecular weight is 610 g/mol. The molecular weight excluding hydrogens is 570 g/mol. The number of aromatic nitrogens is 4. The molecule has 4 heterocycles. The van der Waals surface area contributed by atoms with Gasteiger partial charge in [0.1, 0.15) is 17.1 Å². The summed E-state index contributed by atoms with van der Waals surface area (Å²) in [7, 11) is -1.23. The van der Waals surface area contributed by atoms with E-state index in [1.807, 2.05) is 51.1 Å². The van der Waals surface area contributed by atoms with Gasteiger partial charge in [-0.1, -0.05) is 31.6 Å². The van der Waals surface area contributed by atoms with Gasteiger partial charge in [-0.25, -0.2) is 19.7 Å². The number of carbonyl (C=O) groups is 1. The van der Waals surface area contributed by atoms with Crippen molar-refractivity contribution in [1.82, 2.24) is 19.5 Å². The molecule has 0 saturated heterocycles. The van der Waals surface area contributed by atoms with Crippen LogP contribution < -0.4 is 14.8 Å². The summed E-state index contributed by atoms with van der Waals surface area (Å²) >= 11 is 0. The van der Waals surface area contributed by atoms with Gasteiger partial charge in [0.15, 0.2) is 11.5 Å². The Bertz CT molecular complexity index is 1790. The first-order chi connectivity index (χ1) is 20.9. The summed E-state index contributed by atoms with van der Waals surface area (Å²) in [5, 5.41) is 3.68. The van der Waals surface area contributed by atoms with Crippen LogP contribution in [0, 0.1) is 17.8 Å². The first-order valence-corrected chi connectivity index (χ1v) is 18.9. The van der Waals surface area contributed by atoms with Crippen molar-refractivity contribution < 1.29 is 19.0 Å². The van der Waals surface area contributed by atoms with Gasteiger partial charge in [-0.3, -0.25) is 5.32 Å². The van der Waals surface area contributed by atoms with E-state index in [1.165, 1.54) is 6.04 Å². The highest BCUT2D eigenvalue weighted by Gasteiger charge is 2.24. The zero-order chi connectivity index (χ0) is 31.1. The molecule has 1 amide bonds. The summed E-state index contributed by atoms with van der Waals surface area (Å²) in [5.74, 6) is 9.33. The van der Waals surface area contributed by atoms with Gasteiger partial charge in [0.05, 0.1) is 11.1 Å². The molecule has 1 saturated carbocycles. The summed E-state index contributed by atoms with van der Waals surface area (Å²) in [6.07, 6.45) is 6.58. The van der Waals surface area contributed by atoms with Crippen LogP contribution in [0.1, 0.15) is 45.9 Å². The molecule has 1 aliphatic heterocycles. The average Bonchev–Trinajstić information content (AvgIpc) is 3.53. The fraction of sp³-hybridized carbons (Fsp3) is 0.412. The van der Waals surface area contributed by atoms with E-state index in [9.17, 15) is 4.79 Å². The third-order valence-electron chi connectivity index (χ3n) is 7.35. The first kappa shape index (κ1) is 29.7. The smallest absolute Gasteiger partial charge is 0.413 e. The number of hydrogen-bond acceptors (Lipinski definition) is 7. The number of rotatable bonds is 7. The second-order valence-electron chi connectivity index (χ2n) is 13.7. The van der Waals surface area contributed by atoms with Crippen molar-refractivity contribution in [2.24, 2.45) is 5.92 Å². The fourth-order valence-corrected chi connectivity index (χ4v) is 6.35. The van der Waals surface area contributed by atoms with Crippen LogP contribution in [0.5, 0.6) is 11.5 Å². The maximum atomic E-state index is 12.5. The lowest BCUT2D eigenvalue weighted by Crippen LogP contribution is -2.27. The van der Waals surface area contributed by atoms with Crippen LogP contribution in [0.2, 0.25) is 25.7 Å². The number of ether oxygens (including phenoxy) is 3. The molecule has 3 aromatic heterocycles. The number of amides is 1. The summed E-state index contributed by atoms with van der Waals surface area (Å²) in [6.45, 7) is 13.7. The van der Waals surface area contributed by atoms with Crippen LogP contribution >= 0.6 is 0 Å². The Balaban J connectivity index is 1.50. The van der Waals surface area contributed by atoms with E-state index in [4.69, 9.17) is 24.2 Å². The molecule has 6 rings (SSSR count). The molecule has 44 heavy (non-hydrogen) atoms. The molecule has 1 aromatic carbocycles. The number of fused-ring (bicyclic) bond motifs is 2. The lowest BCUT2D eigenvalue weighted by molar-refractivity contribution is 0.0635. The van der Waals surface area contributed by atoms with E-state index in [0.29, 0.717) is 29.1 Å². The third-order valence-corrected chi connectivity index (χ3v) is 9.21. The predicted molar refractivity (Wildman–Crippen MR) is 175 cm³/mol. The second-order valence-corrected chi connectivity index (χ2v) is 19.3. The van der Waals surface area contributed by atoms with Crippen LogP contribution in [0.15, 0.2) is 42.7 Å². The Morgan fingerprint density at radius 2 is 1.89 bits per heavy atom. The minimum Gasteiger partial charge on any atom is -0.454 e. The van der Waals surface area contributed by atoms with Crippen LogP contribution in [0.25, 0.3) is 33.4 Å². The summed E-state index contributed by atoms with van der Waals surface area (Å²) < 4.78 is 19.0. The van der Waals surface area contributed by atoms with Gasteiger partial charge in [0.25, 0.3) is 0 Å². The molecular formula is C34H39N5O4Si. The number of pyridine rings is 1. The Kier molecular flexibility index (Phi) is 7.84.